The van der Waals surface area contributed by atoms with Gasteiger partial charge in [0.1, 0.15) is 0 Å². The zero-order valence-electron chi connectivity index (χ0n) is 11.2. The lowest BCUT2D eigenvalue weighted by atomic mass is 10.1. The second-order valence-electron chi connectivity index (χ2n) is 4.83. The van der Waals surface area contributed by atoms with Crippen molar-refractivity contribution in [1.29, 1.82) is 0 Å². The molecule has 0 amide bonds. The van der Waals surface area contributed by atoms with Gasteiger partial charge in [0, 0.05) is 46.7 Å². The number of carboxylic acid groups (broad SMARTS) is 1. The highest BCUT2D eigenvalue weighted by Crippen LogP contribution is 2.27. The molecular formula is C13H15BrN2O4S. The highest BCUT2D eigenvalue weighted by molar-refractivity contribution is 9.10. The number of nitro groups is 1. The second-order valence-corrected chi connectivity index (χ2v) is 6.89. The molecule has 1 unspecified atom stereocenters. The molecule has 1 aromatic carbocycles. The minimum Gasteiger partial charge on any atom is -0.481 e. The number of benzene rings is 1. The van der Waals surface area contributed by atoms with E-state index in [0.717, 1.165) is 18.1 Å². The van der Waals surface area contributed by atoms with Crippen LogP contribution >= 0.6 is 27.7 Å². The predicted molar refractivity (Wildman–Crippen MR) is 84.6 cm³/mol. The average molecular weight is 375 g/mol. The van der Waals surface area contributed by atoms with E-state index in [4.69, 9.17) is 5.11 Å². The Balaban J connectivity index is 2.19. The first-order chi connectivity index (χ1) is 9.97. The van der Waals surface area contributed by atoms with E-state index in [0.29, 0.717) is 16.6 Å². The van der Waals surface area contributed by atoms with Gasteiger partial charge in [-0.25, -0.2) is 0 Å². The lowest BCUT2D eigenvalue weighted by Gasteiger charge is -2.34. The van der Waals surface area contributed by atoms with Crippen molar-refractivity contribution < 1.29 is 14.8 Å². The van der Waals surface area contributed by atoms with Crippen LogP contribution in [0.3, 0.4) is 0 Å². The van der Waals surface area contributed by atoms with Crippen molar-refractivity contribution in [2.24, 2.45) is 0 Å². The van der Waals surface area contributed by atoms with Crippen LogP contribution in [-0.4, -0.2) is 45.0 Å². The summed E-state index contributed by atoms with van der Waals surface area (Å²) in [4.78, 5) is 23.7. The predicted octanol–water partition coefficient (Wildman–Crippen LogP) is 2.75. The SMILES string of the molecule is O=C(O)CC1CSCCN1Cc1ccc(Br)cc1[N+](=O)[O-]. The molecule has 21 heavy (non-hydrogen) atoms. The van der Waals surface area contributed by atoms with Crippen LogP contribution in [0.1, 0.15) is 12.0 Å². The summed E-state index contributed by atoms with van der Waals surface area (Å²) in [6.45, 7) is 1.15. The molecule has 0 spiro atoms. The largest absolute Gasteiger partial charge is 0.481 e. The monoisotopic (exact) mass is 374 g/mol. The van der Waals surface area contributed by atoms with Crippen molar-refractivity contribution in [1.82, 2.24) is 4.90 Å². The molecule has 0 saturated carbocycles. The summed E-state index contributed by atoms with van der Waals surface area (Å²) >= 11 is 4.96. The zero-order valence-corrected chi connectivity index (χ0v) is 13.6. The fourth-order valence-electron chi connectivity index (χ4n) is 2.35. The van der Waals surface area contributed by atoms with Gasteiger partial charge in [0.15, 0.2) is 0 Å². The van der Waals surface area contributed by atoms with Gasteiger partial charge in [-0.3, -0.25) is 19.8 Å². The summed E-state index contributed by atoms with van der Waals surface area (Å²) < 4.78 is 0.661. The Hall–Kier alpha value is -1.12. The molecule has 6 nitrogen and oxygen atoms in total. The van der Waals surface area contributed by atoms with Gasteiger partial charge in [0.25, 0.3) is 5.69 Å². The normalized spacial score (nSPS) is 19.4. The third kappa shape index (κ3) is 4.42. The van der Waals surface area contributed by atoms with E-state index in [9.17, 15) is 14.9 Å². The lowest BCUT2D eigenvalue weighted by Crippen LogP contribution is -2.43. The standard InChI is InChI=1S/C13H15BrN2O4S/c14-10-2-1-9(12(5-10)16(19)20)7-15-3-4-21-8-11(15)6-13(17)18/h1-2,5,11H,3-4,6-8H2,(H,17,18). The lowest BCUT2D eigenvalue weighted by molar-refractivity contribution is -0.385. The van der Waals surface area contributed by atoms with Crippen LogP contribution in [0.5, 0.6) is 0 Å². The average Bonchev–Trinajstić information content (AvgIpc) is 2.42. The van der Waals surface area contributed by atoms with Crippen LogP contribution in [0.4, 0.5) is 5.69 Å². The molecule has 1 aliphatic heterocycles. The Morgan fingerprint density at radius 3 is 3.00 bits per heavy atom. The van der Waals surface area contributed by atoms with Crippen LogP contribution in [0, 0.1) is 10.1 Å². The van der Waals surface area contributed by atoms with Gasteiger partial charge in [0.05, 0.1) is 11.3 Å². The molecule has 1 heterocycles. The van der Waals surface area contributed by atoms with Crippen LogP contribution in [0.15, 0.2) is 22.7 Å². The molecule has 0 radical (unpaired) electrons. The number of nitro benzene ring substituents is 1. The van der Waals surface area contributed by atoms with Crippen molar-refractivity contribution >= 4 is 39.3 Å². The number of thioether (sulfide) groups is 1. The molecule has 1 aromatic rings. The summed E-state index contributed by atoms with van der Waals surface area (Å²) in [6.07, 6.45) is 0.0668. The third-order valence-electron chi connectivity index (χ3n) is 3.38. The number of hydrogen-bond donors (Lipinski definition) is 1. The van der Waals surface area contributed by atoms with Crippen molar-refractivity contribution in [3.63, 3.8) is 0 Å². The maximum absolute atomic E-state index is 11.1. The molecule has 1 atom stereocenters. The van der Waals surface area contributed by atoms with Crippen molar-refractivity contribution in [2.75, 3.05) is 18.1 Å². The molecule has 0 aromatic heterocycles. The minimum atomic E-state index is -0.835. The highest BCUT2D eigenvalue weighted by Gasteiger charge is 2.27. The van der Waals surface area contributed by atoms with E-state index in [1.54, 1.807) is 23.9 Å². The maximum atomic E-state index is 11.1. The summed E-state index contributed by atoms with van der Waals surface area (Å²) in [5.41, 5.74) is 0.683. The summed E-state index contributed by atoms with van der Waals surface area (Å²) in [6, 6.07) is 4.90. The molecular weight excluding hydrogens is 360 g/mol. The number of rotatable bonds is 5. The number of aliphatic carboxylic acids is 1. The minimum absolute atomic E-state index is 0.0664. The van der Waals surface area contributed by atoms with E-state index < -0.39 is 10.9 Å². The fourth-order valence-corrected chi connectivity index (χ4v) is 3.83. The van der Waals surface area contributed by atoms with E-state index in [-0.39, 0.29) is 18.2 Å². The molecule has 1 saturated heterocycles. The first kappa shape index (κ1) is 16.3. The van der Waals surface area contributed by atoms with Crippen LogP contribution in [0.2, 0.25) is 0 Å². The van der Waals surface area contributed by atoms with E-state index in [2.05, 4.69) is 15.9 Å². The van der Waals surface area contributed by atoms with Gasteiger partial charge in [-0.1, -0.05) is 15.9 Å². The Kier molecular flexibility index (Phi) is 5.60. The maximum Gasteiger partial charge on any atom is 0.304 e. The van der Waals surface area contributed by atoms with Crippen LogP contribution < -0.4 is 0 Å². The zero-order chi connectivity index (χ0) is 15.4. The number of carboxylic acids is 1. The fraction of sp³-hybridized carbons (Fsp3) is 0.462. The first-order valence-electron chi connectivity index (χ1n) is 6.44. The number of carbonyl (C=O) groups is 1. The van der Waals surface area contributed by atoms with Crippen LogP contribution in [-0.2, 0) is 11.3 Å². The van der Waals surface area contributed by atoms with Crippen LogP contribution in [0.25, 0.3) is 0 Å². The molecule has 0 bridgehead atoms. The Labute approximate surface area is 134 Å². The molecule has 114 valence electrons. The third-order valence-corrected chi connectivity index (χ3v) is 4.96. The summed E-state index contributed by atoms with van der Waals surface area (Å²) in [5, 5.41) is 20.1. The highest BCUT2D eigenvalue weighted by atomic mass is 79.9. The van der Waals surface area contributed by atoms with E-state index >= 15 is 0 Å². The Bertz CT molecular complexity index is 555. The van der Waals surface area contributed by atoms with Crippen molar-refractivity contribution in [2.45, 2.75) is 19.0 Å². The number of hydrogen-bond acceptors (Lipinski definition) is 5. The molecule has 1 fully saturated rings. The first-order valence-corrected chi connectivity index (χ1v) is 8.38. The van der Waals surface area contributed by atoms with Gasteiger partial charge in [-0.2, -0.15) is 11.8 Å². The molecule has 1 aliphatic rings. The van der Waals surface area contributed by atoms with Crippen molar-refractivity contribution in [3.05, 3.63) is 38.3 Å². The quantitative estimate of drug-likeness (QED) is 0.629. The van der Waals surface area contributed by atoms with Gasteiger partial charge >= 0.3 is 5.97 Å². The van der Waals surface area contributed by atoms with Gasteiger partial charge < -0.3 is 5.11 Å². The van der Waals surface area contributed by atoms with Crippen molar-refractivity contribution in [3.8, 4) is 0 Å². The smallest absolute Gasteiger partial charge is 0.304 e. The second kappa shape index (κ2) is 7.24. The Morgan fingerprint density at radius 1 is 1.57 bits per heavy atom. The Morgan fingerprint density at radius 2 is 2.33 bits per heavy atom. The summed E-state index contributed by atoms with van der Waals surface area (Å²) in [5.74, 6) is 0.828. The molecule has 0 aliphatic carbocycles. The molecule has 8 heteroatoms. The summed E-state index contributed by atoms with van der Waals surface area (Å²) in [7, 11) is 0. The van der Waals surface area contributed by atoms with E-state index in [1.165, 1.54) is 6.07 Å². The van der Waals surface area contributed by atoms with E-state index in [1.807, 2.05) is 4.90 Å². The molecule has 2 rings (SSSR count). The van der Waals surface area contributed by atoms with Gasteiger partial charge in [0.2, 0.25) is 0 Å². The van der Waals surface area contributed by atoms with Gasteiger partial charge in [-0.05, 0) is 12.1 Å². The number of nitrogens with zero attached hydrogens (tertiary/aromatic N) is 2. The van der Waals surface area contributed by atoms with Gasteiger partial charge in [-0.15, -0.1) is 0 Å². The number of halogens is 1. The topological polar surface area (TPSA) is 83.7 Å². The molecule has 1 N–H and O–H groups in total.